The van der Waals surface area contributed by atoms with E-state index in [9.17, 15) is 113 Å². The Bertz CT molecular complexity index is 869. The molecule has 0 fully saturated rings. The molecule has 5 nitrogen and oxygen atoms in total. The minimum atomic E-state index is -7.03. The van der Waals surface area contributed by atoms with E-state index in [1.165, 1.54) is 0 Å². The van der Waals surface area contributed by atoms with Gasteiger partial charge in [-0.05, 0) is 27.7 Å². The zero-order valence-corrected chi connectivity index (χ0v) is 42.3. The SMILES string of the molecule is CC([O][AlH2])(C(F)(F)F)C(F)(F)F.CC([O][Al]([O]C(C)(C(F)(F)F)C(F)(F)F)[O]C(C)(C(F)(F)F)C(F)(F)F)(C(F)(F)F)C(F)(F)F.O.[F][Tl].[F][Tl][F].[Tl]. The van der Waals surface area contributed by atoms with E-state index in [-0.39, 0.29) is 66.1 Å². The fraction of sp³-hybridized carbons (Fsp3) is 1.00. The van der Waals surface area contributed by atoms with Gasteiger partial charge in [0.15, 0.2) is 0 Å². The summed E-state index contributed by atoms with van der Waals surface area (Å²) in [6.45, 7) is -3.41. The average Bonchev–Trinajstić information content (AvgIpc) is 2.84. The van der Waals surface area contributed by atoms with E-state index < -0.39 is 150 Å². The van der Waals surface area contributed by atoms with Crippen LogP contribution in [0.3, 0.4) is 0 Å². The van der Waals surface area contributed by atoms with Crippen LogP contribution in [-0.4, -0.2) is 188 Å². The van der Waals surface area contributed by atoms with Crippen LogP contribution in [0.1, 0.15) is 27.7 Å². The summed E-state index contributed by atoms with van der Waals surface area (Å²) in [6.07, 6.45) is -52.0. The first-order valence-corrected chi connectivity index (χ1v) is 18.4. The van der Waals surface area contributed by atoms with Crippen LogP contribution in [0, 0.1) is 0 Å². The third-order valence-corrected chi connectivity index (χ3v) is 8.54. The zero-order valence-electron chi connectivity index (χ0n) is 25.6. The Hall–Kier alpha value is 1.74. The molecule has 0 atom stereocenters. The number of alkyl halides is 24. The maximum Gasteiger partial charge on any atom is 0 e. The Morgan fingerprint density at radius 3 is 0.566 bits per heavy atom. The Labute approximate surface area is 341 Å². The second-order valence-corrected chi connectivity index (χ2v) is 11.4. The van der Waals surface area contributed by atoms with Crippen molar-refractivity contribution in [1.82, 2.24) is 0 Å². The van der Waals surface area contributed by atoms with Crippen LogP contribution in [0.25, 0.3) is 0 Å². The first-order chi connectivity index (χ1) is 21.8. The van der Waals surface area contributed by atoms with Crippen molar-refractivity contribution in [3.63, 3.8) is 0 Å². The van der Waals surface area contributed by atoms with Crippen LogP contribution in [0.5, 0.6) is 0 Å². The van der Waals surface area contributed by atoms with Crippen molar-refractivity contribution >= 4 is 111 Å². The van der Waals surface area contributed by atoms with Crippen LogP contribution < -0.4 is 0 Å². The van der Waals surface area contributed by atoms with Gasteiger partial charge in [0.2, 0.25) is 22.4 Å². The molecule has 1 radical (unpaired) electrons. The fourth-order valence-electron chi connectivity index (χ4n) is 1.92. The summed E-state index contributed by atoms with van der Waals surface area (Å²) in [5.74, 6) is 0. The van der Waals surface area contributed by atoms with Gasteiger partial charge in [-0.1, -0.05) is 0 Å². The van der Waals surface area contributed by atoms with Gasteiger partial charge in [0.25, 0.3) is 0 Å². The fourth-order valence-corrected chi connectivity index (χ4v) is 4.49. The number of rotatable bonds is 7. The summed E-state index contributed by atoms with van der Waals surface area (Å²) in [6, 6.07) is 0. The number of hydrogen-bond donors (Lipinski definition) is 0. The Kier molecular flexibility index (Phi) is 28.1. The van der Waals surface area contributed by atoms with E-state index in [0.29, 0.717) is 0 Å². The maximum absolute atomic E-state index is 12.9. The quantitative estimate of drug-likeness (QED) is 0.197. The summed E-state index contributed by atoms with van der Waals surface area (Å²) >= 11 is -11.0. The summed E-state index contributed by atoms with van der Waals surface area (Å²) in [7, 11) is 0. The molecule has 0 saturated heterocycles. The van der Waals surface area contributed by atoms with Gasteiger partial charge in [-0.2, -0.15) is 105 Å². The van der Waals surface area contributed by atoms with Gasteiger partial charge in [0.1, 0.15) is 0 Å². The van der Waals surface area contributed by atoms with Crippen LogP contribution in [-0.2, 0) is 15.2 Å². The summed E-state index contributed by atoms with van der Waals surface area (Å²) in [5, 5.41) is 0. The first-order valence-electron chi connectivity index (χ1n) is 11.1. The van der Waals surface area contributed by atoms with Crippen molar-refractivity contribution < 1.29 is 134 Å². The maximum atomic E-state index is 12.9. The Balaban J connectivity index is -0.000000243. The largest absolute Gasteiger partial charge is 0 e. The second-order valence-electron chi connectivity index (χ2n) is 9.04. The summed E-state index contributed by atoms with van der Waals surface area (Å²) in [4.78, 5) is 0. The molecule has 0 aromatic carbocycles. The predicted molar refractivity (Wildman–Crippen MR) is 125 cm³/mol. The molecule has 0 spiro atoms. The van der Waals surface area contributed by atoms with Crippen LogP contribution in [0.2, 0.25) is 0 Å². The van der Waals surface area contributed by atoms with Crippen molar-refractivity contribution in [2.24, 2.45) is 0 Å². The molecule has 53 heavy (non-hydrogen) atoms. The van der Waals surface area contributed by atoms with Gasteiger partial charge < -0.3 is 20.6 Å². The van der Waals surface area contributed by atoms with E-state index >= 15 is 0 Å². The van der Waals surface area contributed by atoms with E-state index in [4.69, 9.17) is 0 Å². The van der Waals surface area contributed by atoms with E-state index in [0.717, 1.165) is 0 Å². The minimum Gasteiger partial charge on any atom is 0 e. The molecule has 0 amide bonds. The van der Waals surface area contributed by atoms with Crippen molar-refractivity contribution in [3.8, 4) is 0 Å². The molecule has 0 unspecified atom stereocenters. The van der Waals surface area contributed by atoms with Gasteiger partial charge in [-0.25, -0.2) is 0 Å². The molecular formula is C16H16Al2F27O5Tl3. The Morgan fingerprint density at radius 2 is 0.509 bits per heavy atom. The molecule has 0 aromatic rings. The molecular weight excluding hydrogens is 1450 g/mol. The van der Waals surface area contributed by atoms with Gasteiger partial charge in [-0.15, -0.1) is 0 Å². The van der Waals surface area contributed by atoms with Crippen LogP contribution >= 0.6 is 0 Å². The van der Waals surface area contributed by atoms with Gasteiger partial charge in [0, 0.05) is 27.3 Å². The van der Waals surface area contributed by atoms with Crippen molar-refractivity contribution in [3.05, 3.63) is 0 Å². The number of halogens is 27. The van der Waals surface area contributed by atoms with Crippen LogP contribution in [0.15, 0.2) is 0 Å². The van der Waals surface area contributed by atoms with Gasteiger partial charge in [0.05, 0.1) is 0 Å². The topological polar surface area (TPSA) is 68.4 Å². The molecule has 37 heteroatoms. The zero-order chi connectivity index (χ0) is 43.1. The molecule has 0 bridgehead atoms. The molecule has 314 valence electrons. The molecule has 0 saturated carbocycles. The predicted octanol–water partition coefficient (Wildman–Crippen LogP) is 7.40. The van der Waals surface area contributed by atoms with Gasteiger partial charge >= 0.3 is 141 Å². The van der Waals surface area contributed by atoms with Crippen molar-refractivity contribution in [1.29, 1.82) is 0 Å². The van der Waals surface area contributed by atoms with E-state index in [1.54, 1.807) is 0 Å². The smallest absolute Gasteiger partial charge is 0 e. The molecule has 0 rings (SSSR count). The van der Waals surface area contributed by atoms with Gasteiger partial charge in [-0.3, -0.25) is 0 Å². The van der Waals surface area contributed by atoms with Crippen LogP contribution in [0.4, 0.5) is 113 Å². The Morgan fingerprint density at radius 1 is 0.396 bits per heavy atom. The monoisotopic (exact) mass is 1470 g/mol. The molecule has 0 aromatic heterocycles. The third kappa shape index (κ3) is 17.1. The standard InChI is InChI=1S/4C4H3F6O.2Al.3FH.H2O.3Tl.2H/c4*1-2(11,3(5,6)7)4(8,9)10;;;;;;;;;;;/h4*1H3;;;3*1H;1H2;;;;;/q4*-1;+1;+3;;;;;;+1;+2;;/p-3. The van der Waals surface area contributed by atoms with Crippen molar-refractivity contribution in [2.45, 2.75) is 99.5 Å². The normalized spacial score (nSPS) is 14.0. The minimum absolute atomic E-state index is 0. The molecule has 0 aliphatic carbocycles. The summed E-state index contributed by atoms with van der Waals surface area (Å²) in [5.41, 5.74) is -21.8. The van der Waals surface area contributed by atoms with E-state index in [2.05, 4.69) is 15.2 Å². The molecule has 0 heterocycles. The molecule has 0 aliphatic heterocycles. The second kappa shape index (κ2) is 22.4. The average molecular weight is 1470 g/mol. The first kappa shape index (κ1) is 66.5. The van der Waals surface area contributed by atoms with Crippen molar-refractivity contribution in [2.75, 3.05) is 0 Å². The summed E-state index contributed by atoms with van der Waals surface area (Å²) < 4.78 is 345. The molecule has 0 aliphatic rings. The third-order valence-electron chi connectivity index (χ3n) is 5.73. The van der Waals surface area contributed by atoms with E-state index in [1.807, 2.05) is 0 Å². The number of hydrogen-bond acceptors (Lipinski definition) is 4. The molecule has 2 N–H and O–H groups in total.